The minimum atomic E-state index is -3.16. The van der Waals surface area contributed by atoms with E-state index in [-0.39, 0.29) is 17.1 Å². The molecule has 1 aliphatic rings. The third kappa shape index (κ3) is 6.20. The number of para-hydroxylation sites is 1. The standard InChI is InChI=1S/C27H28N4O4S/c1-19(2)17-35-25-10-8-20(9-11-25)26-22(16-31(30-26)24-6-4-3-5-7-24)14-21(15-28)27(32)29-23-12-13-36(33,34)18-23/h3-11,14,16,19,23H,12-13,17-18H2,1-2H3,(H,29,32)/b21-14+/t23-/m1/s1. The number of nitriles is 1. The highest BCUT2D eigenvalue weighted by atomic mass is 32.2. The number of nitrogens with one attached hydrogen (secondary N) is 1. The van der Waals surface area contributed by atoms with Crippen molar-refractivity contribution >= 4 is 21.8 Å². The quantitative estimate of drug-likeness (QED) is 0.369. The number of carbonyl (C=O) groups is 1. The predicted octanol–water partition coefficient (Wildman–Crippen LogP) is 3.78. The molecule has 1 atom stereocenters. The minimum Gasteiger partial charge on any atom is -0.493 e. The maximum Gasteiger partial charge on any atom is 0.262 e. The molecule has 1 fully saturated rings. The van der Waals surface area contributed by atoms with Gasteiger partial charge in [-0.3, -0.25) is 4.79 Å². The highest BCUT2D eigenvalue weighted by molar-refractivity contribution is 7.91. The van der Waals surface area contributed by atoms with Crippen molar-refractivity contribution in [3.8, 4) is 28.8 Å². The van der Waals surface area contributed by atoms with E-state index in [1.165, 1.54) is 6.08 Å². The summed E-state index contributed by atoms with van der Waals surface area (Å²) < 4.78 is 31.0. The molecule has 2 aromatic carbocycles. The fraction of sp³-hybridized carbons (Fsp3) is 0.296. The van der Waals surface area contributed by atoms with Gasteiger partial charge >= 0.3 is 0 Å². The zero-order valence-electron chi connectivity index (χ0n) is 20.2. The lowest BCUT2D eigenvalue weighted by Gasteiger charge is -2.10. The summed E-state index contributed by atoms with van der Waals surface area (Å²) in [6, 6.07) is 18.5. The average molecular weight is 505 g/mol. The van der Waals surface area contributed by atoms with Crippen molar-refractivity contribution in [2.45, 2.75) is 26.3 Å². The van der Waals surface area contributed by atoms with E-state index in [0.717, 1.165) is 17.0 Å². The number of ether oxygens (including phenoxy) is 1. The van der Waals surface area contributed by atoms with Crippen LogP contribution in [0.5, 0.6) is 5.75 Å². The Morgan fingerprint density at radius 3 is 2.56 bits per heavy atom. The monoisotopic (exact) mass is 504 g/mol. The summed E-state index contributed by atoms with van der Waals surface area (Å²) in [5, 5.41) is 17.1. The first-order chi connectivity index (χ1) is 17.2. The van der Waals surface area contributed by atoms with Gasteiger partial charge in [-0.15, -0.1) is 0 Å². The third-order valence-corrected chi connectivity index (χ3v) is 7.47. The molecule has 1 N–H and O–H groups in total. The lowest BCUT2D eigenvalue weighted by molar-refractivity contribution is -0.117. The predicted molar refractivity (Wildman–Crippen MR) is 138 cm³/mol. The zero-order chi connectivity index (χ0) is 25.7. The first-order valence-corrected chi connectivity index (χ1v) is 13.6. The largest absolute Gasteiger partial charge is 0.493 e. The van der Waals surface area contributed by atoms with Gasteiger partial charge in [0.2, 0.25) is 0 Å². The number of nitrogens with zero attached hydrogens (tertiary/aromatic N) is 3. The van der Waals surface area contributed by atoms with E-state index < -0.39 is 21.8 Å². The van der Waals surface area contributed by atoms with Gasteiger partial charge in [0.1, 0.15) is 17.4 Å². The second-order valence-electron chi connectivity index (χ2n) is 9.19. The fourth-order valence-corrected chi connectivity index (χ4v) is 5.55. The van der Waals surface area contributed by atoms with E-state index in [0.29, 0.717) is 30.2 Å². The second-order valence-corrected chi connectivity index (χ2v) is 11.4. The molecule has 0 bridgehead atoms. The number of hydrogen-bond donors (Lipinski definition) is 1. The molecule has 3 aromatic rings. The summed E-state index contributed by atoms with van der Waals surface area (Å²) in [4.78, 5) is 12.8. The van der Waals surface area contributed by atoms with Gasteiger partial charge in [-0.1, -0.05) is 32.0 Å². The summed E-state index contributed by atoms with van der Waals surface area (Å²) in [6.07, 6.45) is 3.59. The number of benzene rings is 2. The van der Waals surface area contributed by atoms with Crippen LogP contribution in [0.15, 0.2) is 66.4 Å². The van der Waals surface area contributed by atoms with Gasteiger partial charge in [0.25, 0.3) is 5.91 Å². The molecule has 0 saturated carbocycles. The molecule has 36 heavy (non-hydrogen) atoms. The first kappa shape index (κ1) is 25.2. The Bertz CT molecular complexity index is 1400. The summed E-state index contributed by atoms with van der Waals surface area (Å²) in [5.74, 6) is 0.475. The van der Waals surface area contributed by atoms with Gasteiger partial charge in [-0.05, 0) is 54.8 Å². The highest BCUT2D eigenvalue weighted by Crippen LogP contribution is 2.28. The Hall–Kier alpha value is -3.90. The van der Waals surface area contributed by atoms with Crippen LogP contribution in [0, 0.1) is 17.2 Å². The number of rotatable bonds is 8. The number of hydrogen-bond acceptors (Lipinski definition) is 6. The van der Waals surface area contributed by atoms with Crippen molar-refractivity contribution in [1.82, 2.24) is 15.1 Å². The number of carbonyl (C=O) groups excluding carboxylic acids is 1. The summed E-state index contributed by atoms with van der Waals surface area (Å²) >= 11 is 0. The van der Waals surface area contributed by atoms with Gasteiger partial charge in [-0.25, -0.2) is 13.1 Å². The number of amides is 1. The molecule has 8 nitrogen and oxygen atoms in total. The molecule has 1 amide bonds. The van der Waals surface area contributed by atoms with Crippen LogP contribution in [-0.2, 0) is 14.6 Å². The SMILES string of the molecule is CC(C)COc1ccc(-c2nn(-c3ccccc3)cc2/C=C(\C#N)C(=O)N[C@@H]2CCS(=O)(=O)C2)cc1. The van der Waals surface area contributed by atoms with Crippen LogP contribution >= 0.6 is 0 Å². The fourth-order valence-electron chi connectivity index (χ4n) is 3.88. The Balaban J connectivity index is 1.66. The maximum absolute atomic E-state index is 12.8. The lowest BCUT2D eigenvalue weighted by atomic mass is 10.1. The average Bonchev–Trinajstić information content (AvgIpc) is 3.44. The van der Waals surface area contributed by atoms with E-state index in [9.17, 15) is 18.5 Å². The van der Waals surface area contributed by atoms with Gasteiger partial charge in [-0.2, -0.15) is 10.4 Å². The number of sulfone groups is 1. The number of aromatic nitrogens is 2. The minimum absolute atomic E-state index is 0.0361. The second kappa shape index (κ2) is 10.8. The molecule has 0 spiro atoms. The van der Waals surface area contributed by atoms with Crippen LogP contribution in [0.4, 0.5) is 0 Å². The summed E-state index contributed by atoms with van der Waals surface area (Å²) in [6.45, 7) is 4.77. The Morgan fingerprint density at radius 2 is 1.94 bits per heavy atom. The molecule has 1 aromatic heterocycles. The van der Waals surface area contributed by atoms with Crippen molar-refractivity contribution < 1.29 is 17.9 Å². The Kier molecular flexibility index (Phi) is 7.55. The molecule has 186 valence electrons. The first-order valence-electron chi connectivity index (χ1n) is 11.8. The van der Waals surface area contributed by atoms with Gasteiger partial charge < -0.3 is 10.1 Å². The molecule has 1 aliphatic heterocycles. The zero-order valence-corrected chi connectivity index (χ0v) is 21.0. The Morgan fingerprint density at radius 1 is 1.22 bits per heavy atom. The van der Waals surface area contributed by atoms with Crippen LogP contribution in [0.25, 0.3) is 23.0 Å². The van der Waals surface area contributed by atoms with Gasteiger partial charge in [0.15, 0.2) is 9.84 Å². The normalized spacial score (nSPS) is 17.1. The van der Waals surface area contributed by atoms with Crippen molar-refractivity contribution in [3.63, 3.8) is 0 Å². The third-order valence-electron chi connectivity index (χ3n) is 5.71. The van der Waals surface area contributed by atoms with E-state index in [1.807, 2.05) is 60.7 Å². The molecule has 0 radical (unpaired) electrons. The molecule has 4 rings (SSSR count). The molecule has 2 heterocycles. The van der Waals surface area contributed by atoms with Crippen LogP contribution in [0.3, 0.4) is 0 Å². The summed E-state index contributed by atoms with van der Waals surface area (Å²) in [5.41, 5.74) is 2.69. The van der Waals surface area contributed by atoms with Crippen molar-refractivity contribution in [1.29, 1.82) is 5.26 Å². The van der Waals surface area contributed by atoms with Crippen molar-refractivity contribution in [3.05, 3.63) is 71.9 Å². The van der Waals surface area contributed by atoms with E-state index >= 15 is 0 Å². The summed E-state index contributed by atoms with van der Waals surface area (Å²) in [7, 11) is -3.16. The molecule has 0 aliphatic carbocycles. The van der Waals surface area contributed by atoms with E-state index in [1.54, 1.807) is 10.9 Å². The van der Waals surface area contributed by atoms with E-state index in [2.05, 4.69) is 19.2 Å². The lowest BCUT2D eigenvalue weighted by Crippen LogP contribution is -2.36. The molecule has 0 unspecified atom stereocenters. The van der Waals surface area contributed by atoms with Crippen LogP contribution in [-0.4, -0.2) is 48.3 Å². The molecular weight excluding hydrogens is 476 g/mol. The van der Waals surface area contributed by atoms with Gasteiger partial charge in [0.05, 0.1) is 29.5 Å². The highest BCUT2D eigenvalue weighted by Gasteiger charge is 2.29. The smallest absolute Gasteiger partial charge is 0.262 e. The van der Waals surface area contributed by atoms with E-state index in [4.69, 9.17) is 9.84 Å². The maximum atomic E-state index is 12.8. The van der Waals surface area contributed by atoms with Crippen LogP contribution in [0.2, 0.25) is 0 Å². The van der Waals surface area contributed by atoms with Crippen molar-refractivity contribution in [2.24, 2.45) is 5.92 Å². The Labute approximate surface area is 211 Å². The molecular formula is C27H28N4O4S. The molecule has 1 saturated heterocycles. The van der Waals surface area contributed by atoms with Crippen LogP contribution in [0.1, 0.15) is 25.8 Å². The van der Waals surface area contributed by atoms with Gasteiger partial charge in [0, 0.05) is 23.4 Å². The topological polar surface area (TPSA) is 114 Å². The van der Waals surface area contributed by atoms with Crippen molar-refractivity contribution in [2.75, 3.05) is 18.1 Å². The van der Waals surface area contributed by atoms with Crippen LogP contribution < -0.4 is 10.1 Å². The molecule has 9 heteroatoms.